The van der Waals surface area contributed by atoms with Gasteiger partial charge in [0.15, 0.2) is 5.22 Å². The van der Waals surface area contributed by atoms with Gasteiger partial charge in [-0.1, -0.05) is 29.8 Å². The zero-order chi connectivity index (χ0) is 10.6. The van der Waals surface area contributed by atoms with Crippen molar-refractivity contribution in [3.05, 3.63) is 23.1 Å². The topological polar surface area (TPSA) is 13.1 Å². The van der Waals surface area contributed by atoms with Gasteiger partial charge in [0.25, 0.3) is 0 Å². The van der Waals surface area contributed by atoms with E-state index in [1.165, 1.54) is 0 Å². The number of halogens is 2. The third-order valence-electron chi connectivity index (χ3n) is 1.73. The second-order valence-corrected chi connectivity index (χ2v) is 5.92. The summed E-state index contributed by atoms with van der Waals surface area (Å²) in [5.74, 6) is 2.95. The molecule has 0 unspecified atom stereocenters. The fourth-order valence-corrected chi connectivity index (χ4v) is 2.63. The van der Waals surface area contributed by atoms with Crippen LogP contribution in [0.1, 0.15) is 19.6 Å². The number of rotatable bonds is 5. The number of furan rings is 1. The molecule has 80 valence electrons. The molecule has 0 saturated carbocycles. The lowest BCUT2D eigenvalue weighted by Gasteiger charge is -2.20. The van der Waals surface area contributed by atoms with Gasteiger partial charge in [0.1, 0.15) is 5.76 Å². The predicted molar refractivity (Wildman–Crippen MR) is 67.5 cm³/mol. The normalized spacial score (nSPS) is 12.0. The molecule has 1 aromatic rings. The van der Waals surface area contributed by atoms with Crippen LogP contribution in [0.2, 0.25) is 5.22 Å². The third-order valence-corrected chi connectivity index (χ3v) is 4.92. The summed E-state index contributed by atoms with van der Waals surface area (Å²) in [5.41, 5.74) is 0.334. The van der Waals surface area contributed by atoms with Crippen molar-refractivity contribution in [2.75, 3.05) is 11.1 Å². The highest BCUT2D eigenvalue weighted by molar-refractivity contribution is 9.09. The molecule has 0 radical (unpaired) electrons. The Balaban J connectivity index is 2.28. The van der Waals surface area contributed by atoms with Gasteiger partial charge in [-0.05, 0) is 34.9 Å². The second-order valence-electron chi connectivity index (χ2n) is 4.00. The van der Waals surface area contributed by atoms with Gasteiger partial charge in [-0.2, -0.15) is 11.8 Å². The van der Waals surface area contributed by atoms with Crippen molar-refractivity contribution >= 4 is 39.3 Å². The van der Waals surface area contributed by atoms with Crippen LogP contribution in [-0.2, 0) is 5.75 Å². The summed E-state index contributed by atoms with van der Waals surface area (Å²) < 4.78 is 5.26. The van der Waals surface area contributed by atoms with Crippen molar-refractivity contribution in [1.29, 1.82) is 0 Å². The van der Waals surface area contributed by atoms with Crippen LogP contribution in [-0.4, -0.2) is 11.1 Å². The first kappa shape index (κ1) is 12.5. The van der Waals surface area contributed by atoms with Crippen LogP contribution < -0.4 is 0 Å². The molecule has 0 aliphatic rings. The molecule has 1 aromatic heterocycles. The van der Waals surface area contributed by atoms with Crippen molar-refractivity contribution in [2.24, 2.45) is 5.41 Å². The predicted octanol–water partition coefficient (Wildman–Crippen LogP) is 4.59. The van der Waals surface area contributed by atoms with Crippen molar-refractivity contribution < 1.29 is 4.42 Å². The van der Waals surface area contributed by atoms with Crippen LogP contribution in [0, 0.1) is 5.41 Å². The highest BCUT2D eigenvalue weighted by atomic mass is 79.9. The minimum Gasteiger partial charge on any atom is -0.449 e. The largest absolute Gasteiger partial charge is 0.449 e. The van der Waals surface area contributed by atoms with Crippen LogP contribution in [0.25, 0.3) is 0 Å². The number of thioether (sulfide) groups is 1. The first-order valence-corrected chi connectivity index (χ1v) is 7.07. The fourth-order valence-electron chi connectivity index (χ4n) is 0.896. The quantitative estimate of drug-likeness (QED) is 0.738. The Morgan fingerprint density at radius 2 is 2.21 bits per heavy atom. The zero-order valence-electron chi connectivity index (χ0n) is 8.35. The van der Waals surface area contributed by atoms with E-state index in [2.05, 4.69) is 29.8 Å². The first-order chi connectivity index (χ1) is 6.53. The monoisotopic (exact) mass is 296 g/mol. The summed E-state index contributed by atoms with van der Waals surface area (Å²) in [6.45, 7) is 4.48. The van der Waals surface area contributed by atoms with Gasteiger partial charge in [-0.25, -0.2) is 0 Å². The van der Waals surface area contributed by atoms with Crippen LogP contribution in [0.3, 0.4) is 0 Å². The summed E-state index contributed by atoms with van der Waals surface area (Å²) in [5, 5.41) is 1.49. The van der Waals surface area contributed by atoms with E-state index in [0.29, 0.717) is 10.6 Å². The maximum absolute atomic E-state index is 5.67. The molecule has 0 spiro atoms. The molecule has 0 saturated heterocycles. The van der Waals surface area contributed by atoms with Gasteiger partial charge in [0.05, 0.1) is 5.75 Å². The molecule has 0 atom stereocenters. The lowest BCUT2D eigenvalue weighted by Crippen LogP contribution is -2.16. The molecule has 0 aliphatic carbocycles. The summed E-state index contributed by atoms with van der Waals surface area (Å²) in [4.78, 5) is 0. The molecule has 0 N–H and O–H groups in total. The number of alkyl halides is 1. The molecule has 1 heterocycles. The molecule has 0 aliphatic heterocycles. The fraction of sp³-hybridized carbons (Fsp3) is 0.600. The molecule has 14 heavy (non-hydrogen) atoms. The van der Waals surface area contributed by atoms with Crippen molar-refractivity contribution in [3.63, 3.8) is 0 Å². The molecule has 4 heteroatoms. The van der Waals surface area contributed by atoms with E-state index in [1.54, 1.807) is 6.07 Å². The molecule has 0 bridgehead atoms. The van der Waals surface area contributed by atoms with Crippen LogP contribution in [0.5, 0.6) is 0 Å². The lowest BCUT2D eigenvalue weighted by molar-refractivity contribution is 0.494. The van der Waals surface area contributed by atoms with E-state index in [1.807, 2.05) is 17.8 Å². The Hall–Kier alpha value is 0.400. The van der Waals surface area contributed by atoms with E-state index in [0.717, 1.165) is 22.6 Å². The number of hydrogen-bond donors (Lipinski definition) is 0. The smallest absolute Gasteiger partial charge is 0.193 e. The molecule has 0 amide bonds. The Kier molecular flexibility index (Phi) is 4.88. The summed E-state index contributed by atoms with van der Waals surface area (Å²) in [7, 11) is 0. The molecule has 0 aromatic carbocycles. The standard InChI is InChI=1S/C10H14BrClOS/c1-10(2,6-11)7-14-5-8-3-4-9(12)13-8/h3-4H,5-7H2,1-2H3. The van der Waals surface area contributed by atoms with E-state index < -0.39 is 0 Å². The summed E-state index contributed by atoms with van der Waals surface area (Å²) >= 11 is 11.0. The molecular weight excluding hydrogens is 284 g/mol. The molecular formula is C10H14BrClOS. The maximum atomic E-state index is 5.67. The molecule has 0 fully saturated rings. The molecule has 1 rings (SSSR count). The van der Waals surface area contributed by atoms with E-state index in [-0.39, 0.29) is 0 Å². The highest BCUT2D eigenvalue weighted by Crippen LogP contribution is 2.27. The van der Waals surface area contributed by atoms with Crippen LogP contribution in [0.15, 0.2) is 16.5 Å². The van der Waals surface area contributed by atoms with Crippen molar-refractivity contribution in [2.45, 2.75) is 19.6 Å². The average molecular weight is 298 g/mol. The van der Waals surface area contributed by atoms with Gasteiger partial charge in [0, 0.05) is 5.33 Å². The van der Waals surface area contributed by atoms with Gasteiger partial charge >= 0.3 is 0 Å². The minimum atomic E-state index is 0.334. The van der Waals surface area contributed by atoms with Crippen LogP contribution in [0.4, 0.5) is 0 Å². The Morgan fingerprint density at radius 1 is 1.50 bits per heavy atom. The van der Waals surface area contributed by atoms with E-state index >= 15 is 0 Å². The van der Waals surface area contributed by atoms with Gasteiger partial charge < -0.3 is 4.42 Å². The van der Waals surface area contributed by atoms with Crippen molar-refractivity contribution in [3.8, 4) is 0 Å². The minimum absolute atomic E-state index is 0.334. The Labute approximate surface area is 103 Å². The number of hydrogen-bond acceptors (Lipinski definition) is 2. The van der Waals surface area contributed by atoms with Gasteiger partial charge in [-0.15, -0.1) is 0 Å². The second kappa shape index (κ2) is 5.47. The summed E-state index contributed by atoms with van der Waals surface area (Å²) in [6, 6.07) is 3.71. The van der Waals surface area contributed by atoms with Gasteiger partial charge in [0.2, 0.25) is 0 Å². The lowest BCUT2D eigenvalue weighted by atomic mass is 10.0. The Morgan fingerprint density at radius 3 is 2.71 bits per heavy atom. The van der Waals surface area contributed by atoms with Crippen LogP contribution >= 0.6 is 39.3 Å². The third kappa shape index (κ3) is 4.28. The SMILES string of the molecule is CC(C)(CBr)CSCc1ccc(Cl)o1. The Bertz CT molecular complexity index is 285. The molecule has 1 nitrogen and oxygen atoms in total. The van der Waals surface area contributed by atoms with Gasteiger partial charge in [-0.3, -0.25) is 0 Å². The zero-order valence-corrected chi connectivity index (χ0v) is 11.5. The maximum Gasteiger partial charge on any atom is 0.193 e. The first-order valence-electron chi connectivity index (χ1n) is 4.41. The summed E-state index contributed by atoms with van der Waals surface area (Å²) in [6.07, 6.45) is 0. The van der Waals surface area contributed by atoms with Crippen molar-refractivity contribution in [1.82, 2.24) is 0 Å². The van der Waals surface area contributed by atoms with E-state index in [9.17, 15) is 0 Å². The highest BCUT2D eigenvalue weighted by Gasteiger charge is 2.16. The van der Waals surface area contributed by atoms with E-state index in [4.69, 9.17) is 16.0 Å². The average Bonchev–Trinajstić information content (AvgIpc) is 2.51.